The number of amides is 2. The third-order valence-corrected chi connectivity index (χ3v) is 6.22. The Kier molecular flexibility index (Phi) is 7.47. The van der Waals surface area contributed by atoms with Gasteiger partial charge in [-0.2, -0.15) is 0 Å². The fourth-order valence-electron chi connectivity index (χ4n) is 4.20. The summed E-state index contributed by atoms with van der Waals surface area (Å²) in [4.78, 5) is 25.9. The van der Waals surface area contributed by atoms with Gasteiger partial charge in [0, 0.05) is 11.6 Å². The number of rotatable bonds is 7. The van der Waals surface area contributed by atoms with Gasteiger partial charge < -0.3 is 20.6 Å². The smallest absolute Gasteiger partial charge is 0.405 e. The summed E-state index contributed by atoms with van der Waals surface area (Å²) in [5.74, 6) is -0.319. The molecule has 2 rings (SSSR count). The lowest BCUT2D eigenvalue weighted by molar-refractivity contribution is -0.125. The molecule has 6 heteroatoms. The first-order chi connectivity index (χ1) is 13.1. The van der Waals surface area contributed by atoms with E-state index in [0.717, 1.165) is 32.1 Å². The molecule has 1 aromatic rings. The lowest BCUT2D eigenvalue weighted by atomic mass is 9.74. The minimum absolute atomic E-state index is 0.0874. The van der Waals surface area contributed by atoms with Crippen LogP contribution in [0.3, 0.4) is 0 Å². The van der Waals surface area contributed by atoms with Crippen LogP contribution < -0.4 is 10.6 Å². The molecule has 1 aliphatic carbocycles. The van der Waals surface area contributed by atoms with Crippen LogP contribution in [0.2, 0.25) is 0 Å². The molecular formula is C22H35N3O3. The van der Waals surface area contributed by atoms with Gasteiger partial charge >= 0.3 is 6.09 Å². The first-order valence-corrected chi connectivity index (χ1v) is 10.2. The minimum Gasteiger partial charge on any atom is -0.465 e. The van der Waals surface area contributed by atoms with E-state index in [-0.39, 0.29) is 23.4 Å². The average Bonchev–Trinajstić information content (AvgIpc) is 2.62. The van der Waals surface area contributed by atoms with Gasteiger partial charge in [-0.3, -0.25) is 4.79 Å². The zero-order valence-corrected chi connectivity index (χ0v) is 17.8. The molecule has 0 bridgehead atoms. The van der Waals surface area contributed by atoms with Gasteiger partial charge in [0.1, 0.15) is 6.04 Å². The van der Waals surface area contributed by atoms with Gasteiger partial charge in [0.25, 0.3) is 0 Å². The maximum Gasteiger partial charge on any atom is 0.405 e. The van der Waals surface area contributed by atoms with E-state index >= 15 is 0 Å². The first-order valence-electron chi connectivity index (χ1n) is 10.2. The summed E-state index contributed by atoms with van der Waals surface area (Å²) >= 11 is 0. The second kappa shape index (κ2) is 9.41. The molecule has 0 saturated heterocycles. The molecule has 1 saturated carbocycles. The van der Waals surface area contributed by atoms with E-state index < -0.39 is 12.1 Å². The van der Waals surface area contributed by atoms with Crippen molar-refractivity contribution in [3.63, 3.8) is 0 Å². The van der Waals surface area contributed by atoms with Crippen LogP contribution in [0.4, 0.5) is 4.79 Å². The van der Waals surface area contributed by atoms with E-state index in [4.69, 9.17) is 5.11 Å². The number of carboxylic acid groups (broad SMARTS) is 1. The van der Waals surface area contributed by atoms with Crippen molar-refractivity contribution in [1.29, 1.82) is 0 Å². The summed E-state index contributed by atoms with van der Waals surface area (Å²) < 4.78 is 0. The monoisotopic (exact) mass is 389 g/mol. The van der Waals surface area contributed by atoms with Gasteiger partial charge in [0.2, 0.25) is 5.91 Å². The lowest BCUT2D eigenvalue weighted by Gasteiger charge is -2.46. The summed E-state index contributed by atoms with van der Waals surface area (Å²) in [7, 11) is 4.28. The SMILES string of the molecule is Cc1ccccc1CC1(N(C)C)CCC(NC(=O)C(NC(=O)O)C(C)C)CC1. The highest BCUT2D eigenvalue weighted by Gasteiger charge is 2.38. The Hall–Kier alpha value is -2.08. The van der Waals surface area contributed by atoms with Crippen molar-refractivity contribution >= 4 is 12.0 Å². The normalized spacial score (nSPS) is 23.5. The van der Waals surface area contributed by atoms with Crippen molar-refractivity contribution in [2.24, 2.45) is 5.92 Å². The van der Waals surface area contributed by atoms with Gasteiger partial charge in [0.15, 0.2) is 0 Å². The van der Waals surface area contributed by atoms with Gasteiger partial charge in [-0.05, 0) is 70.2 Å². The van der Waals surface area contributed by atoms with Crippen molar-refractivity contribution in [3.05, 3.63) is 35.4 Å². The molecule has 0 aliphatic heterocycles. The van der Waals surface area contributed by atoms with E-state index in [9.17, 15) is 9.59 Å². The van der Waals surface area contributed by atoms with Crippen molar-refractivity contribution in [2.45, 2.75) is 70.5 Å². The van der Waals surface area contributed by atoms with E-state index in [2.05, 4.69) is 60.8 Å². The summed E-state index contributed by atoms with van der Waals surface area (Å²) in [6.07, 6.45) is 3.63. The van der Waals surface area contributed by atoms with Gasteiger partial charge in [-0.1, -0.05) is 38.1 Å². The number of hydrogen-bond donors (Lipinski definition) is 3. The predicted molar refractivity (Wildman–Crippen MR) is 111 cm³/mol. The lowest BCUT2D eigenvalue weighted by Crippen LogP contribution is -2.55. The number of hydrogen-bond acceptors (Lipinski definition) is 3. The third kappa shape index (κ3) is 5.47. The van der Waals surface area contributed by atoms with Crippen LogP contribution in [0.1, 0.15) is 50.7 Å². The minimum atomic E-state index is -1.16. The molecule has 28 heavy (non-hydrogen) atoms. The van der Waals surface area contributed by atoms with E-state index in [1.54, 1.807) is 0 Å². The van der Waals surface area contributed by atoms with E-state index in [1.165, 1.54) is 11.1 Å². The Bertz CT molecular complexity index is 679. The zero-order valence-electron chi connectivity index (χ0n) is 17.8. The van der Waals surface area contributed by atoms with Gasteiger partial charge in [-0.25, -0.2) is 4.79 Å². The van der Waals surface area contributed by atoms with Crippen molar-refractivity contribution in [3.8, 4) is 0 Å². The molecule has 0 radical (unpaired) electrons. The highest BCUT2D eigenvalue weighted by atomic mass is 16.4. The van der Waals surface area contributed by atoms with Crippen LogP contribution in [0, 0.1) is 12.8 Å². The van der Waals surface area contributed by atoms with Gasteiger partial charge in [-0.15, -0.1) is 0 Å². The molecule has 3 N–H and O–H groups in total. The Morgan fingerprint density at radius 1 is 1.21 bits per heavy atom. The molecule has 1 atom stereocenters. The highest BCUT2D eigenvalue weighted by molar-refractivity contribution is 5.85. The van der Waals surface area contributed by atoms with Crippen LogP contribution in [0.15, 0.2) is 24.3 Å². The summed E-state index contributed by atoms with van der Waals surface area (Å²) in [5, 5.41) is 14.4. The quantitative estimate of drug-likeness (QED) is 0.669. The fraction of sp³-hybridized carbons (Fsp3) is 0.636. The maximum absolute atomic E-state index is 12.6. The number of nitrogens with zero attached hydrogens (tertiary/aromatic N) is 1. The number of aryl methyl sites for hydroxylation is 1. The van der Waals surface area contributed by atoms with Crippen molar-refractivity contribution in [2.75, 3.05) is 14.1 Å². The number of carbonyl (C=O) groups is 2. The Balaban J connectivity index is 2.01. The molecule has 0 heterocycles. The van der Waals surface area contributed by atoms with Crippen LogP contribution in [0.25, 0.3) is 0 Å². The zero-order chi connectivity index (χ0) is 20.9. The summed E-state index contributed by atoms with van der Waals surface area (Å²) in [6, 6.07) is 7.91. The summed E-state index contributed by atoms with van der Waals surface area (Å²) in [5.41, 5.74) is 2.78. The molecule has 6 nitrogen and oxygen atoms in total. The number of carbonyl (C=O) groups excluding carboxylic acids is 1. The molecule has 2 amide bonds. The van der Waals surface area contributed by atoms with Crippen molar-refractivity contribution < 1.29 is 14.7 Å². The van der Waals surface area contributed by atoms with Crippen LogP contribution in [-0.4, -0.2) is 53.7 Å². The summed E-state index contributed by atoms with van der Waals surface area (Å²) in [6.45, 7) is 5.85. The fourth-order valence-corrected chi connectivity index (χ4v) is 4.20. The van der Waals surface area contributed by atoms with E-state index in [0.29, 0.717) is 0 Å². The molecular weight excluding hydrogens is 354 g/mol. The van der Waals surface area contributed by atoms with E-state index in [1.807, 2.05) is 13.8 Å². The van der Waals surface area contributed by atoms with Crippen LogP contribution in [0.5, 0.6) is 0 Å². The number of benzene rings is 1. The molecule has 1 aromatic carbocycles. The molecule has 0 aromatic heterocycles. The topological polar surface area (TPSA) is 81.7 Å². The Morgan fingerprint density at radius 2 is 1.82 bits per heavy atom. The number of nitrogens with one attached hydrogen (secondary N) is 2. The largest absolute Gasteiger partial charge is 0.465 e. The van der Waals surface area contributed by atoms with Crippen LogP contribution in [-0.2, 0) is 11.2 Å². The molecule has 1 fully saturated rings. The first kappa shape index (κ1) is 22.2. The second-order valence-electron chi connectivity index (χ2n) is 8.68. The Morgan fingerprint density at radius 3 is 2.32 bits per heavy atom. The molecule has 0 spiro atoms. The maximum atomic E-state index is 12.6. The van der Waals surface area contributed by atoms with Crippen LogP contribution >= 0.6 is 0 Å². The number of likely N-dealkylation sites (N-methyl/N-ethyl adjacent to an activating group) is 1. The molecule has 156 valence electrons. The Labute approximate surface area is 168 Å². The predicted octanol–water partition coefficient (Wildman–Crippen LogP) is 3.19. The average molecular weight is 390 g/mol. The van der Waals surface area contributed by atoms with Gasteiger partial charge in [0.05, 0.1) is 0 Å². The third-order valence-electron chi connectivity index (χ3n) is 6.22. The second-order valence-corrected chi connectivity index (χ2v) is 8.68. The standard InChI is InChI=1S/C22H35N3O3/c1-15(2)19(24-21(27)28)20(26)23-18-10-12-22(13-11-18,25(4)5)14-17-9-7-6-8-16(17)3/h6-9,15,18-19,24H,10-14H2,1-5H3,(H,23,26)(H,27,28). The molecule has 1 aliphatic rings. The van der Waals surface area contributed by atoms with Crippen molar-refractivity contribution in [1.82, 2.24) is 15.5 Å². The highest BCUT2D eigenvalue weighted by Crippen LogP contribution is 2.36. The molecule has 1 unspecified atom stereocenters.